The maximum absolute atomic E-state index is 5.17. The fourth-order valence-electron chi connectivity index (χ4n) is 2.79. The minimum absolute atomic E-state index is 0.878. The summed E-state index contributed by atoms with van der Waals surface area (Å²) in [6.45, 7) is 3.40. The van der Waals surface area contributed by atoms with Gasteiger partial charge in [0.2, 0.25) is 0 Å². The SMILES string of the molecule is NC#CCN1CC2CCCCC2C1. The highest BCUT2D eigenvalue weighted by Gasteiger charge is 2.33. The molecule has 2 rings (SSSR count). The second kappa shape index (κ2) is 4.02. The van der Waals surface area contributed by atoms with Crippen LogP contribution in [-0.2, 0) is 0 Å². The topological polar surface area (TPSA) is 29.3 Å². The van der Waals surface area contributed by atoms with Crippen LogP contribution in [0.4, 0.5) is 0 Å². The van der Waals surface area contributed by atoms with Gasteiger partial charge in [-0.25, -0.2) is 0 Å². The number of fused-ring (bicyclic) bond motifs is 1. The molecule has 0 amide bonds. The second-order valence-electron chi connectivity index (χ2n) is 4.32. The first kappa shape index (κ1) is 8.90. The first-order valence-electron chi connectivity index (χ1n) is 5.31. The van der Waals surface area contributed by atoms with Gasteiger partial charge in [-0.05, 0) is 24.7 Å². The molecular formula is C11H18N2. The Hall–Kier alpha value is -0.680. The molecule has 1 heterocycles. The molecule has 1 saturated heterocycles. The van der Waals surface area contributed by atoms with Gasteiger partial charge in [0.05, 0.1) is 6.54 Å². The minimum Gasteiger partial charge on any atom is -0.359 e. The second-order valence-corrected chi connectivity index (χ2v) is 4.32. The van der Waals surface area contributed by atoms with Crippen LogP contribution in [0.2, 0.25) is 0 Å². The molecule has 0 aromatic rings. The highest BCUT2D eigenvalue weighted by Crippen LogP contribution is 2.35. The number of nitrogens with two attached hydrogens (primary N) is 1. The molecular weight excluding hydrogens is 160 g/mol. The zero-order chi connectivity index (χ0) is 9.10. The predicted octanol–water partition coefficient (Wildman–Crippen LogP) is 1.03. The number of likely N-dealkylation sites (tertiary alicyclic amines) is 1. The van der Waals surface area contributed by atoms with Crippen molar-refractivity contribution in [3.63, 3.8) is 0 Å². The van der Waals surface area contributed by atoms with Crippen molar-refractivity contribution in [3.05, 3.63) is 0 Å². The highest BCUT2D eigenvalue weighted by atomic mass is 15.1. The summed E-state index contributed by atoms with van der Waals surface area (Å²) in [5, 5.41) is 0. The van der Waals surface area contributed by atoms with E-state index in [0.29, 0.717) is 0 Å². The molecule has 2 atom stereocenters. The predicted molar refractivity (Wildman–Crippen MR) is 53.9 cm³/mol. The van der Waals surface area contributed by atoms with E-state index in [0.717, 1.165) is 18.4 Å². The lowest BCUT2D eigenvalue weighted by Gasteiger charge is -2.23. The lowest BCUT2D eigenvalue weighted by molar-refractivity contribution is 0.299. The van der Waals surface area contributed by atoms with E-state index in [9.17, 15) is 0 Å². The summed E-state index contributed by atoms with van der Waals surface area (Å²) in [5.74, 6) is 4.89. The van der Waals surface area contributed by atoms with E-state index < -0.39 is 0 Å². The lowest BCUT2D eigenvalue weighted by Crippen LogP contribution is -2.21. The molecule has 2 N–H and O–H groups in total. The first-order valence-corrected chi connectivity index (χ1v) is 5.31. The molecule has 1 saturated carbocycles. The summed E-state index contributed by atoms with van der Waals surface area (Å²) >= 11 is 0. The Bertz CT molecular complexity index is 212. The van der Waals surface area contributed by atoms with E-state index in [4.69, 9.17) is 5.73 Å². The summed E-state index contributed by atoms with van der Waals surface area (Å²) < 4.78 is 0. The third-order valence-corrected chi connectivity index (χ3v) is 3.46. The third kappa shape index (κ3) is 1.97. The fourth-order valence-corrected chi connectivity index (χ4v) is 2.79. The van der Waals surface area contributed by atoms with Gasteiger partial charge in [-0.3, -0.25) is 4.90 Å². The monoisotopic (exact) mass is 178 g/mol. The maximum Gasteiger partial charge on any atom is 0.0620 e. The van der Waals surface area contributed by atoms with E-state index >= 15 is 0 Å². The average Bonchev–Trinajstić information content (AvgIpc) is 2.57. The standard InChI is InChI=1S/C11H18N2/c12-6-3-7-13-8-10-4-1-2-5-11(10)9-13/h10-11H,1-2,4-5,7-9,12H2. The van der Waals surface area contributed by atoms with Crippen molar-refractivity contribution in [2.45, 2.75) is 25.7 Å². The summed E-state index contributed by atoms with van der Waals surface area (Å²) in [5.41, 5.74) is 5.17. The van der Waals surface area contributed by atoms with Crippen molar-refractivity contribution in [2.75, 3.05) is 19.6 Å². The highest BCUT2D eigenvalue weighted by molar-refractivity contribution is 4.99. The molecule has 2 nitrogen and oxygen atoms in total. The minimum atomic E-state index is 0.878. The van der Waals surface area contributed by atoms with Crippen molar-refractivity contribution in [1.29, 1.82) is 0 Å². The zero-order valence-electron chi connectivity index (χ0n) is 8.13. The molecule has 2 fully saturated rings. The molecule has 0 bridgehead atoms. The van der Waals surface area contributed by atoms with Gasteiger partial charge < -0.3 is 5.73 Å². The van der Waals surface area contributed by atoms with Gasteiger partial charge in [-0.2, -0.15) is 0 Å². The van der Waals surface area contributed by atoms with Crippen molar-refractivity contribution >= 4 is 0 Å². The van der Waals surface area contributed by atoms with E-state index in [1.54, 1.807) is 0 Å². The summed E-state index contributed by atoms with van der Waals surface area (Å²) in [6, 6.07) is 2.48. The smallest absolute Gasteiger partial charge is 0.0620 e. The number of hydrogen-bond donors (Lipinski definition) is 1. The summed E-state index contributed by atoms with van der Waals surface area (Å²) in [7, 11) is 0. The summed E-state index contributed by atoms with van der Waals surface area (Å²) in [4.78, 5) is 2.46. The van der Waals surface area contributed by atoms with Crippen molar-refractivity contribution in [1.82, 2.24) is 4.90 Å². The van der Waals surface area contributed by atoms with Crippen LogP contribution in [0.25, 0.3) is 0 Å². The average molecular weight is 178 g/mol. The molecule has 13 heavy (non-hydrogen) atoms. The Labute approximate surface area is 80.5 Å². The van der Waals surface area contributed by atoms with E-state index in [1.807, 2.05) is 0 Å². The first-order chi connectivity index (χ1) is 6.40. The molecule has 0 spiro atoms. The molecule has 0 radical (unpaired) electrons. The Kier molecular flexibility index (Phi) is 2.75. The molecule has 1 aliphatic heterocycles. The van der Waals surface area contributed by atoms with Crippen LogP contribution in [0.15, 0.2) is 0 Å². The Morgan fingerprint density at radius 2 is 1.77 bits per heavy atom. The lowest BCUT2D eigenvalue weighted by atomic mass is 9.82. The van der Waals surface area contributed by atoms with Gasteiger partial charge in [-0.1, -0.05) is 18.8 Å². The molecule has 0 aromatic carbocycles. The van der Waals surface area contributed by atoms with Crippen LogP contribution in [0, 0.1) is 23.8 Å². The van der Waals surface area contributed by atoms with Gasteiger partial charge in [0.25, 0.3) is 0 Å². The number of hydrogen-bond acceptors (Lipinski definition) is 2. The zero-order valence-corrected chi connectivity index (χ0v) is 8.13. The van der Waals surface area contributed by atoms with Gasteiger partial charge in [0.1, 0.15) is 0 Å². The largest absolute Gasteiger partial charge is 0.359 e. The molecule has 2 unspecified atom stereocenters. The van der Waals surface area contributed by atoms with Crippen LogP contribution in [-0.4, -0.2) is 24.5 Å². The van der Waals surface area contributed by atoms with Gasteiger partial charge >= 0.3 is 0 Å². The molecule has 0 aromatic heterocycles. The van der Waals surface area contributed by atoms with Crippen LogP contribution < -0.4 is 5.73 Å². The quantitative estimate of drug-likeness (QED) is 0.480. The van der Waals surface area contributed by atoms with Crippen LogP contribution in [0.1, 0.15) is 25.7 Å². The molecule has 2 heteroatoms. The van der Waals surface area contributed by atoms with E-state index in [2.05, 4.69) is 16.9 Å². The Balaban J connectivity index is 1.86. The van der Waals surface area contributed by atoms with Crippen LogP contribution >= 0.6 is 0 Å². The Morgan fingerprint density at radius 1 is 1.15 bits per heavy atom. The number of rotatable bonds is 1. The van der Waals surface area contributed by atoms with E-state index in [-0.39, 0.29) is 0 Å². The molecule has 2 aliphatic rings. The number of nitrogens with zero attached hydrogens (tertiary/aromatic N) is 1. The molecule has 72 valence electrons. The van der Waals surface area contributed by atoms with Crippen molar-refractivity contribution in [2.24, 2.45) is 17.6 Å². The Morgan fingerprint density at radius 3 is 2.31 bits per heavy atom. The van der Waals surface area contributed by atoms with Crippen molar-refractivity contribution in [3.8, 4) is 12.0 Å². The molecule has 1 aliphatic carbocycles. The normalized spacial score (nSPS) is 33.5. The maximum atomic E-state index is 5.17. The van der Waals surface area contributed by atoms with Crippen molar-refractivity contribution < 1.29 is 0 Å². The third-order valence-electron chi connectivity index (χ3n) is 3.46. The summed E-state index contributed by atoms with van der Waals surface area (Å²) in [6.07, 6.45) is 5.77. The van der Waals surface area contributed by atoms with E-state index in [1.165, 1.54) is 38.8 Å². The van der Waals surface area contributed by atoms with Crippen LogP contribution in [0.5, 0.6) is 0 Å². The van der Waals surface area contributed by atoms with Gasteiger partial charge in [0, 0.05) is 19.1 Å². The van der Waals surface area contributed by atoms with Crippen LogP contribution in [0.3, 0.4) is 0 Å². The van der Waals surface area contributed by atoms with Gasteiger partial charge in [0.15, 0.2) is 0 Å². The fraction of sp³-hybridized carbons (Fsp3) is 0.818. The van der Waals surface area contributed by atoms with Gasteiger partial charge in [-0.15, -0.1) is 0 Å².